The maximum atomic E-state index is 9.65. The number of carboxylic acids is 1. The maximum absolute atomic E-state index is 9.65. The van der Waals surface area contributed by atoms with Crippen molar-refractivity contribution in [2.45, 2.75) is 19.4 Å². The summed E-state index contributed by atoms with van der Waals surface area (Å²) < 4.78 is 0. The SMILES string of the molecule is CC(O)CC(=O)O.[MgH2]. The van der Waals surface area contributed by atoms with Gasteiger partial charge in [-0.25, -0.2) is 0 Å². The summed E-state index contributed by atoms with van der Waals surface area (Å²) in [7, 11) is 0. The fourth-order valence-electron chi connectivity index (χ4n) is 0.253. The van der Waals surface area contributed by atoms with E-state index in [1.807, 2.05) is 0 Å². The topological polar surface area (TPSA) is 57.5 Å². The summed E-state index contributed by atoms with van der Waals surface area (Å²) in [6.45, 7) is 1.44. The predicted octanol–water partition coefficient (Wildman–Crippen LogP) is -1.07. The zero-order valence-corrected chi connectivity index (χ0v) is 4.09. The molecular weight excluding hydrogens is 120 g/mol. The third-order valence-electron chi connectivity index (χ3n) is 0.470. The summed E-state index contributed by atoms with van der Waals surface area (Å²) in [5.41, 5.74) is 0. The third-order valence-corrected chi connectivity index (χ3v) is 0.470. The number of aliphatic hydroxyl groups is 1. The monoisotopic (exact) mass is 130 g/mol. The minimum atomic E-state index is -0.963. The lowest BCUT2D eigenvalue weighted by molar-refractivity contribution is -0.138. The molecule has 0 radical (unpaired) electrons. The van der Waals surface area contributed by atoms with Gasteiger partial charge in [-0.05, 0) is 6.92 Å². The van der Waals surface area contributed by atoms with Gasteiger partial charge < -0.3 is 10.2 Å². The zero-order valence-electron chi connectivity index (χ0n) is 4.09. The van der Waals surface area contributed by atoms with Gasteiger partial charge in [-0.15, -0.1) is 0 Å². The highest BCUT2D eigenvalue weighted by atomic mass is 24.3. The highest BCUT2D eigenvalue weighted by Crippen LogP contribution is 1.85. The molecule has 0 aromatic rings. The lowest BCUT2D eigenvalue weighted by atomic mass is 10.3. The maximum Gasteiger partial charge on any atom is 0.316 e. The van der Waals surface area contributed by atoms with Crippen LogP contribution < -0.4 is 0 Å². The lowest BCUT2D eigenvalue weighted by Crippen LogP contribution is -2.07. The third kappa shape index (κ3) is 9.50. The standard InChI is InChI=1S/C4H8O3.Mg.2H/c1-3(5)2-4(6)7;;;/h3,5H,2H2,1H3,(H,6,7);;;. The molecule has 0 amide bonds. The summed E-state index contributed by atoms with van der Waals surface area (Å²) in [6, 6.07) is 0. The van der Waals surface area contributed by atoms with Gasteiger partial charge in [0, 0.05) is 0 Å². The number of hydrogen-bond donors (Lipinski definition) is 2. The number of rotatable bonds is 2. The first kappa shape index (κ1) is 11.1. The van der Waals surface area contributed by atoms with Crippen molar-refractivity contribution in [3.8, 4) is 0 Å². The van der Waals surface area contributed by atoms with Crippen LogP contribution in [0.25, 0.3) is 0 Å². The van der Waals surface area contributed by atoms with Crippen molar-refractivity contribution in [1.82, 2.24) is 0 Å². The van der Waals surface area contributed by atoms with E-state index in [9.17, 15) is 4.79 Å². The van der Waals surface area contributed by atoms with E-state index in [0.29, 0.717) is 0 Å². The van der Waals surface area contributed by atoms with Crippen LogP contribution in [-0.4, -0.2) is 45.3 Å². The van der Waals surface area contributed by atoms with Crippen molar-refractivity contribution >= 4 is 29.0 Å². The Labute approximate surface area is 63.9 Å². The van der Waals surface area contributed by atoms with Crippen LogP contribution in [-0.2, 0) is 4.79 Å². The Balaban J connectivity index is 0. The van der Waals surface area contributed by atoms with Gasteiger partial charge in [0.2, 0.25) is 0 Å². The van der Waals surface area contributed by atoms with Gasteiger partial charge in [0.1, 0.15) is 0 Å². The summed E-state index contributed by atoms with van der Waals surface area (Å²) in [5, 5.41) is 16.3. The van der Waals surface area contributed by atoms with Crippen LogP contribution in [0.4, 0.5) is 0 Å². The summed E-state index contributed by atoms with van der Waals surface area (Å²) in [4.78, 5) is 9.65. The fourth-order valence-corrected chi connectivity index (χ4v) is 0.253. The van der Waals surface area contributed by atoms with Gasteiger partial charge in [-0.2, -0.15) is 0 Å². The largest absolute Gasteiger partial charge is 0.481 e. The highest BCUT2D eigenvalue weighted by Gasteiger charge is 2.00. The van der Waals surface area contributed by atoms with Crippen LogP contribution in [0.1, 0.15) is 13.3 Å². The molecule has 0 aliphatic carbocycles. The van der Waals surface area contributed by atoms with E-state index in [4.69, 9.17) is 10.2 Å². The molecule has 0 saturated heterocycles. The van der Waals surface area contributed by atoms with Gasteiger partial charge >= 0.3 is 29.0 Å². The molecule has 3 nitrogen and oxygen atoms in total. The van der Waals surface area contributed by atoms with Crippen LogP contribution in [0.3, 0.4) is 0 Å². The number of aliphatic carboxylic acids is 1. The van der Waals surface area contributed by atoms with Crippen LogP contribution in [0.5, 0.6) is 0 Å². The van der Waals surface area contributed by atoms with Crippen molar-refractivity contribution in [2.75, 3.05) is 0 Å². The second-order valence-corrected chi connectivity index (χ2v) is 1.45. The number of carbonyl (C=O) groups is 1. The van der Waals surface area contributed by atoms with Crippen molar-refractivity contribution < 1.29 is 15.0 Å². The summed E-state index contributed by atoms with van der Waals surface area (Å²) >= 11 is 0. The van der Waals surface area contributed by atoms with Crippen LogP contribution in [0.15, 0.2) is 0 Å². The Bertz CT molecular complexity index is 71.7. The summed E-state index contributed by atoms with van der Waals surface area (Å²) in [6.07, 6.45) is -0.891. The van der Waals surface area contributed by atoms with Crippen LogP contribution >= 0.6 is 0 Å². The highest BCUT2D eigenvalue weighted by molar-refractivity contribution is 5.75. The molecule has 1 atom stereocenters. The number of aliphatic hydroxyl groups excluding tert-OH is 1. The van der Waals surface area contributed by atoms with Gasteiger partial charge in [-0.1, -0.05) is 0 Å². The van der Waals surface area contributed by atoms with E-state index >= 15 is 0 Å². The molecule has 4 heteroatoms. The molecule has 0 aromatic carbocycles. The molecule has 0 bridgehead atoms. The molecule has 0 spiro atoms. The molecule has 1 unspecified atom stereocenters. The first-order chi connectivity index (χ1) is 3.13. The predicted molar refractivity (Wildman–Crippen MR) is 32.5 cm³/mol. The second kappa shape index (κ2) is 5.34. The normalized spacial score (nSPS) is 11.8. The molecule has 0 fully saturated rings. The molecule has 46 valence electrons. The Morgan fingerprint density at radius 2 is 2.12 bits per heavy atom. The van der Waals surface area contributed by atoms with Crippen molar-refractivity contribution in [2.24, 2.45) is 0 Å². The first-order valence-corrected chi connectivity index (χ1v) is 2.03. The zero-order chi connectivity index (χ0) is 5.86. The Hall–Kier alpha value is 0.196. The minimum absolute atomic E-state index is 0. The molecule has 0 saturated carbocycles. The minimum Gasteiger partial charge on any atom is -0.481 e. The van der Waals surface area contributed by atoms with Gasteiger partial charge in [0.25, 0.3) is 0 Å². The van der Waals surface area contributed by atoms with E-state index in [1.54, 1.807) is 0 Å². The molecule has 2 N–H and O–H groups in total. The smallest absolute Gasteiger partial charge is 0.316 e. The van der Waals surface area contributed by atoms with Gasteiger partial charge in [0.05, 0.1) is 12.5 Å². The molecule has 0 aromatic heterocycles. The summed E-state index contributed by atoms with van der Waals surface area (Å²) in [5.74, 6) is -0.963. The number of carboxylic acid groups (broad SMARTS) is 1. The average molecular weight is 130 g/mol. The van der Waals surface area contributed by atoms with Crippen molar-refractivity contribution in [3.05, 3.63) is 0 Å². The lowest BCUT2D eigenvalue weighted by Gasteiger charge is -1.94. The van der Waals surface area contributed by atoms with E-state index in [1.165, 1.54) is 6.92 Å². The van der Waals surface area contributed by atoms with E-state index in [0.717, 1.165) is 0 Å². The van der Waals surface area contributed by atoms with Gasteiger partial charge in [-0.3, -0.25) is 4.79 Å². The molecule has 0 aliphatic rings. The molecule has 0 aliphatic heterocycles. The van der Waals surface area contributed by atoms with E-state index in [-0.39, 0.29) is 29.5 Å². The van der Waals surface area contributed by atoms with Crippen LogP contribution in [0, 0.1) is 0 Å². The first-order valence-electron chi connectivity index (χ1n) is 2.03. The Morgan fingerprint density at radius 1 is 1.75 bits per heavy atom. The number of hydrogen-bond acceptors (Lipinski definition) is 2. The van der Waals surface area contributed by atoms with E-state index in [2.05, 4.69) is 0 Å². The van der Waals surface area contributed by atoms with Crippen molar-refractivity contribution in [3.63, 3.8) is 0 Å². The molecule has 0 heterocycles. The quantitative estimate of drug-likeness (QED) is 0.468. The van der Waals surface area contributed by atoms with Crippen molar-refractivity contribution in [1.29, 1.82) is 0 Å². The second-order valence-electron chi connectivity index (χ2n) is 1.45. The van der Waals surface area contributed by atoms with Crippen LogP contribution in [0.2, 0.25) is 0 Å². The average Bonchev–Trinajstić information content (AvgIpc) is 1.27. The molecular formula is C4H10MgO3. The molecule has 8 heavy (non-hydrogen) atoms. The molecule has 0 rings (SSSR count). The Kier molecular flexibility index (Phi) is 7.37. The fraction of sp³-hybridized carbons (Fsp3) is 0.750. The Morgan fingerprint density at radius 3 is 2.12 bits per heavy atom. The van der Waals surface area contributed by atoms with E-state index < -0.39 is 12.1 Å². The van der Waals surface area contributed by atoms with Gasteiger partial charge in [0.15, 0.2) is 0 Å².